The number of carbonyl (C=O) groups is 2. The standard InChI is InChI=1S/C22H33FO5/c1-2-3-4-5-6-7-8-9-13-16-19(20(23)21(24)25)28-22(26)27-17-18-14-11-10-12-15-18/h10-12,14-15,19-20H,2-9,13,16-17H2,1H3,(H,24,25). The van der Waals surface area contributed by atoms with Crippen molar-refractivity contribution in [3.63, 3.8) is 0 Å². The van der Waals surface area contributed by atoms with Crippen LogP contribution in [-0.2, 0) is 20.9 Å². The zero-order chi connectivity index (χ0) is 20.6. The summed E-state index contributed by atoms with van der Waals surface area (Å²) < 4.78 is 23.8. The predicted octanol–water partition coefficient (Wildman–Crippen LogP) is 6.05. The second kappa shape index (κ2) is 14.9. The van der Waals surface area contributed by atoms with Crippen LogP contribution in [0, 0.1) is 0 Å². The number of ether oxygens (including phenoxy) is 2. The topological polar surface area (TPSA) is 72.8 Å². The number of carbonyl (C=O) groups excluding carboxylic acids is 1. The zero-order valence-electron chi connectivity index (χ0n) is 16.8. The summed E-state index contributed by atoms with van der Waals surface area (Å²) >= 11 is 0. The third-order valence-electron chi connectivity index (χ3n) is 4.60. The van der Waals surface area contributed by atoms with E-state index in [0.717, 1.165) is 24.8 Å². The van der Waals surface area contributed by atoms with E-state index in [4.69, 9.17) is 14.6 Å². The van der Waals surface area contributed by atoms with Gasteiger partial charge in [0, 0.05) is 0 Å². The first-order valence-corrected chi connectivity index (χ1v) is 10.3. The lowest BCUT2D eigenvalue weighted by molar-refractivity contribution is -0.148. The van der Waals surface area contributed by atoms with Crippen LogP contribution in [0.3, 0.4) is 0 Å². The molecule has 0 aromatic heterocycles. The van der Waals surface area contributed by atoms with Gasteiger partial charge in [0.1, 0.15) is 12.7 Å². The van der Waals surface area contributed by atoms with Crippen LogP contribution >= 0.6 is 0 Å². The van der Waals surface area contributed by atoms with Gasteiger partial charge in [-0.15, -0.1) is 0 Å². The fourth-order valence-corrected chi connectivity index (χ4v) is 2.95. The quantitative estimate of drug-likeness (QED) is 0.288. The first-order valence-electron chi connectivity index (χ1n) is 10.3. The average Bonchev–Trinajstić information content (AvgIpc) is 2.70. The first kappa shape index (κ1) is 23.9. The van der Waals surface area contributed by atoms with Gasteiger partial charge < -0.3 is 14.6 Å². The average molecular weight is 396 g/mol. The number of carboxylic acids is 1. The van der Waals surface area contributed by atoms with Crippen LogP contribution < -0.4 is 0 Å². The second-order valence-electron chi connectivity index (χ2n) is 7.04. The van der Waals surface area contributed by atoms with Gasteiger partial charge in [0.05, 0.1) is 0 Å². The minimum Gasteiger partial charge on any atom is -0.479 e. The maximum Gasteiger partial charge on any atom is 0.509 e. The van der Waals surface area contributed by atoms with E-state index in [1.54, 1.807) is 24.3 Å². The van der Waals surface area contributed by atoms with E-state index in [-0.39, 0.29) is 13.0 Å². The molecule has 5 nitrogen and oxygen atoms in total. The smallest absolute Gasteiger partial charge is 0.479 e. The largest absolute Gasteiger partial charge is 0.509 e. The summed E-state index contributed by atoms with van der Waals surface area (Å²) in [5, 5.41) is 8.91. The van der Waals surface area contributed by atoms with Gasteiger partial charge in [-0.05, 0) is 18.4 Å². The molecule has 1 rings (SSSR count). The Hall–Kier alpha value is -2.11. The Morgan fingerprint density at radius 1 is 0.964 bits per heavy atom. The third kappa shape index (κ3) is 10.9. The van der Waals surface area contributed by atoms with E-state index in [1.807, 2.05) is 6.07 Å². The Kier molecular flexibility index (Phi) is 12.7. The van der Waals surface area contributed by atoms with Crippen LogP contribution in [0.1, 0.15) is 76.7 Å². The van der Waals surface area contributed by atoms with Gasteiger partial charge in [0.2, 0.25) is 6.17 Å². The number of unbranched alkanes of at least 4 members (excludes halogenated alkanes) is 8. The van der Waals surface area contributed by atoms with Crippen molar-refractivity contribution in [1.82, 2.24) is 0 Å². The molecule has 0 aliphatic heterocycles. The highest BCUT2D eigenvalue weighted by Gasteiger charge is 2.31. The molecule has 0 aliphatic rings. The molecule has 0 radical (unpaired) electrons. The zero-order valence-corrected chi connectivity index (χ0v) is 16.8. The molecule has 1 aromatic rings. The van der Waals surface area contributed by atoms with Crippen molar-refractivity contribution in [3.8, 4) is 0 Å². The summed E-state index contributed by atoms with van der Waals surface area (Å²) in [4.78, 5) is 22.8. The van der Waals surface area contributed by atoms with Gasteiger partial charge in [-0.25, -0.2) is 14.0 Å². The Morgan fingerprint density at radius 3 is 2.11 bits per heavy atom. The number of aliphatic carboxylic acids is 1. The van der Waals surface area contributed by atoms with E-state index in [9.17, 15) is 14.0 Å². The second-order valence-corrected chi connectivity index (χ2v) is 7.04. The Bertz CT molecular complexity index is 549. The molecule has 2 unspecified atom stereocenters. The third-order valence-corrected chi connectivity index (χ3v) is 4.60. The summed E-state index contributed by atoms with van der Waals surface area (Å²) in [5.41, 5.74) is 0.768. The lowest BCUT2D eigenvalue weighted by atomic mass is 10.0. The molecule has 1 aromatic carbocycles. The van der Waals surface area contributed by atoms with Crippen LogP contribution in [0.2, 0.25) is 0 Å². The number of carboxylic acid groups (broad SMARTS) is 1. The molecule has 1 N–H and O–H groups in total. The molecular formula is C22H33FO5. The van der Waals surface area contributed by atoms with E-state index >= 15 is 0 Å². The fraction of sp³-hybridized carbons (Fsp3) is 0.636. The SMILES string of the molecule is CCCCCCCCCCCC(OC(=O)OCc1ccccc1)C(F)C(=O)O. The van der Waals surface area contributed by atoms with Gasteiger partial charge in [0.15, 0.2) is 0 Å². The summed E-state index contributed by atoms with van der Waals surface area (Å²) in [6.45, 7) is 2.18. The molecule has 0 spiro atoms. The summed E-state index contributed by atoms with van der Waals surface area (Å²) in [6, 6.07) is 9.01. The predicted molar refractivity (Wildman–Crippen MR) is 106 cm³/mol. The van der Waals surface area contributed by atoms with Crippen LogP contribution in [-0.4, -0.2) is 29.5 Å². The number of halogens is 1. The maximum atomic E-state index is 13.9. The highest BCUT2D eigenvalue weighted by molar-refractivity contribution is 5.73. The highest BCUT2D eigenvalue weighted by Crippen LogP contribution is 2.17. The van der Waals surface area contributed by atoms with Crippen LogP contribution in [0.5, 0.6) is 0 Å². The van der Waals surface area contributed by atoms with Gasteiger partial charge in [-0.1, -0.05) is 88.6 Å². The molecule has 158 valence electrons. The van der Waals surface area contributed by atoms with Crippen LogP contribution in [0.15, 0.2) is 30.3 Å². The number of alkyl halides is 1. The van der Waals surface area contributed by atoms with Crippen LogP contribution in [0.25, 0.3) is 0 Å². The molecule has 0 fully saturated rings. The molecule has 28 heavy (non-hydrogen) atoms. The van der Waals surface area contributed by atoms with Gasteiger partial charge in [-0.2, -0.15) is 0 Å². The number of benzene rings is 1. The highest BCUT2D eigenvalue weighted by atomic mass is 19.1. The fourth-order valence-electron chi connectivity index (χ4n) is 2.95. The minimum atomic E-state index is -2.25. The number of hydrogen-bond acceptors (Lipinski definition) is 4. The molecule has 0 aliphatic carbocycles. The summed E-state index contributed by atoms with van der Waals surface area (Å²) in [7, 11) is 0. The lowest BCUT2D eigenvalue weighted by Crippen LogP contribution is -2.34. The molecule has 0 heterocycles. The Morgan fingerprint density at radius 2 is 1.54 bits per heavy atom. The van der Waals surface area contributed by atoms with Crippen molar-refractivity contribution in [2.75, 3.05) is 0 Å². The first-order chi connectivity index (χ1) is 13.5. The van der Waals surface area contributed by atoms with Crippen molar-refractivity contribution in [1.29, 1.82) is 0 Å². The molecule has 0 saturated carbocycles. The molecular weight excluding hydrogens is 363 g/mol. The summed E-state index contributed by atoms with van der Waals surface area (Å²) in [5.74, 6) is -1.63. The van der Waals surface area contributed by atoms with Crippen molar-refractivity contribution >= 4 is 12.1 Å². The Labute approximate surface area is 167 Å². The van der Waals surface area contributed by atoms with E-state index in [2.05, 4.69) is 6.92 Å². The van der Waals surface area contributed by atoms with Gasteiger partial charge >= 0.3 is 12.1 Å². The molecule has 6 heteroatoms. The molecule has 0 amide bonds. The molecule has 0 saturated heterocycles. The van der Waals surface area contributed by atoms with Crippen molar-refractivity contribution < 1.29 is 28.6 Å². The van der Waals surface area contributed by atoms with Crippen LogP contribution in [0.4, 0.5) is 9.18 Å². The van der Waals surface area contributed by atoms with Gasteiger partial charge in [0.25, 0.3) is 0 Å². The van der Waals surface area contributed by atoms with Crippen molar-refractivity contribution in [2.45, 2.75) is 90.0 Å². The van der Waals surface area contributed by atoms with Crippen molar-refractivity contribution in [3.05, 3.63) is 35.9 Å². The number of hydrogen-bond donors (Lipinski definition) is 1. The van der Waals surface area contributed by atoms with Crippen molar-refractivity contribution in [2.24, 2.45) is 0 Å². The maximum absolute atomic E-state index is 13.9. The number of rotatable bonds is 15. The minimum absolute atomic E-state index is 0.00551. The normalized spacial score (nSPS) is 12.9. The monoisotopic (exact) mass is 396 g/mol. The van der Waals surface area contributed by atoms with E-state index < -0.39 is 24.4 Å². The Balaban J connectivity index is 2.29. The van der Waals surface area contributed by atoms with Gasteiger partial charge in [-0.3, -0.25) is 0 Å². The van der Waals surface area contributed by atoms with E-state index in [1.165, 1.54) is 32.1 Å². The summed E-state index contributed by atoms with van der Waals surface area (Å²) in [6.07, 6.45) is 5.33. The molecule has 0 bridgehead atoms. The van der Waals surface area contributed by atoms with E-state index in [0.29, 0.717) is 6.42 Å². The lowest BCUT2D eigenvalue weighted by Gasteiger charge is -2.18. The molecule has 2 atom stereocenters.